The Hall–Kier alpha value is -1.61. The van der Waals surface area contributed by atoms with Crippen molar-refractivity contribution in [1.29, 1.82) is 0 Å². The highest BCUT2D eigenvalue weighted by Gasteiger charge is 2.06. The summed E-state index contributed by atoms with van der Waals surface area (Å²) in [7, 11) is 0. The first kappa shape index (κ1) is 10.9. The van der Waals surface area contributed by atoms with E-state index in [1.165, 1.54) is 11.1 Å². The van der Waals surface area contributed by atoms with Crippen LogP contribution in [0.4, 0.5) is 0 Å². The summed E-state index contributed by atoms with van der Waals surface area (Å²) in [6.45, 7) is 4.24. The van der Waals surface area contributed by atoms with Crippen LogP contribution in [0.25, 0.3) is 11.3 Å². The maximum atomic E-state index is 8.79. The van der Waals surface area contributed by atoms with E-state index in [0.717, 1.165) is 17.0 Å². The van der Waals surface area contributed by atoms with E-state index in [2.05, 4.69) is 31.1 Å². The molecule has 1 N–H and O–H groups in total. The fraction of sp³-hybridized carbons (Fsp3) is 0.308. The van der Waals surface area contributed by atoms with E-state index in [1.54, 1.807) is 0 Å². The first-order chi connectivity index (χ1) is 7.70. The first-order valence-electron chi connectivity index (χ1n) is 5.35. The number of aliphatic hydroxyl groups is 1. The van der Waals surface area contributed by atoms with Crippen LogP contribution in [0.15, 0.2) is 28.8 Å². The van der Waals surface area contributed by atoms with E-state index in [-0.39, 0.29) is 6.61 Å². The molecule has 0 amide bonds. The van der Waals surface area contributed by atoms with Gasteiger partial charge in [-0.2, -0.15) is 0 Å². The average Bonchev–Trinajstić information content (AvgIpc) is 2.71. The molecule has 0 saturated carbocycles. The summed E-state index contributed by atoms with van der Waals surface area (Å²) < 4.78 is 5.12. The predicted molar refractivity (Wildman–Crippen MR) is 62.2 cm³/mol. The molecular weight excluding hydrogens is 202 g/mol. The maximum absolute atomic E-state index is 8.79. The Kier molecular flexibility index (Phi) is 3.06. The molecular formula is C13H15NO2. The van der Waals surface area contributed by atoms with E-state index in [4.69, 9.17) is 9.63 Å². The lowest BCUT2D eigenvalue weighted by molar-refractivity contribution is 0.277. The van der Waals surface area contributed by atoms with Gasteiger partial charge in [-0.25, -0.2) is 0 Å². The summed E-state index contributed by atoms with van der Waals surface area (Å²) in [6.07, 6.45) is 0.512. The minimum atomic E-state index is 0.0849. The Balaban J connectivity index is 2.31. The molecule has 0 aliphatic rings. The van der Waals surface area contributed by atoms with Gasteiger partial charge in [0.15, 0.2) is 0 Å². The Morgan fingerprint density at radius 2 is 2.00 bits per heavy atom. The SMILES string of the molecule is Cc1ccc(-c2cc(CCO)on2)cc1C. The second-order valence-corrected chi connectivity index (χ2v) is 3.95. The lowest BCUT2D eigenvalue weighted by Gasteiger charge is -2.01. The Labute approximate surface area is 94.7 Å². The van der Waals surface area contributed by atoms with Gasteiger partial charge in [0.1, 0.15) is 11.5 Å². The van der Waals surface area contributed by atoms with Crippen LogP contribution in [0.1, 0.15) is 16.9 Å². The Bertz CT molecular complexity index is 488. The van der Waals surface area contributed by atoms with Crippen molar-refractivity contribution in [2.75, 3.05) is 6.61 Å². The summed E-state index contributed by atoms with van der Waals surface area (Å²) in [5, 5.41) is 12.8. The van der Waals surface area contributed by atoms with Crippen LogP contribution < -0.4 is 0 Å². The number of aromatic nitrogens is 1. The normalized spacial score (nSPS) is 10.7. The molecule has 0 radical (unpaired) electrons. The monoisotopic (exact) mass is 217 g/mol. The zero-order valence-corrected chi connectivity index (χ0v) is 9.53. The van der Waals surface area contributed by atoms with Crippen LogP contribution in [0.5, 0.6) is 0 Å². The third-order valence-electron chi connectivity index (χ3n) is 2.72. The van der Waals surface area contributed by atoms with E-state index in [0.29, 0.717) is 6.42 Å². The topological polar surface area (TPSA) is 46.3 Å². The summed E-state index contributed by atoms with van der Waals surface area (Å²) in [5.74, 6) is 0.718. The second-order valence-electron chi connectivity index (χ2n) is 3.95. The molecule has 0 aliphatic carbocycles. The lowest BCUT2D eigenvalue weighted by atomic mass is 10.0. The van der Waals surface area contributed by atoms with Crippen molar-refractivity contribution in [3.63, 3.8) is 0 Å². The molecule has 16 heavy (non-hydrogen) atoms. The minimum absolute atomic E-state index is 0.0849. The predicted octanol–water partition coefficient (Wildman–Crippen LogP) is 2.49. The number of rotatable bonds is 3. The highest BCUT2D eigenvalue weighted by Crippen LogP contribution is 2.21. The molecule has 0 unspecified atom stereocenters. The van der Waals surface area contributed by atoms with Crippen LogP contribution in [0.3, 0.4) is 0 Å². The van der Waals surface area contributed by atoms with Gasteiger partial charge >= 0.3 is 0 Å². The quantitative estimate of drug-likeness (QED) is 0.859. The van der Waals surface area contributed by atoms with Gasteiger partial charge in [0.2, 0.25) is 0 Å². The first-order valence-corrected chi connectivity index (χ1v) is 5.35. The molecule has 1 aromatic heterocycles. The molecule has 0 saturated heterocycles. The number of benzene rings is 1. The molecule has 3 nitrogen and oxygen atoms in total. The van der Waals surface area contributed by atoms with Crippen molar-refractivity contribution in [3.8, 4) is 11.3 Å². The van der Waals surface area contributed by atoms with Crippen molar-refractivity contribution >= 4 is 0 Å². The number of aliphatic hydroxyl groups excluding tert-OH is 1. The van der Waals surface area contributed by atoms with Crippen LogP contribution in [0.2, 0.25) is 0 Å². The molecule has 2 rings (SSSR count). The third kappa shape index (κ3) is 2.14. The molecule has 2 aromatic rings. The Morgan fingerprint density at radius 3 is 2.69 bits per heavy atom. The van der Waals surface area contributed by atoms with Gasteiger partial charge in [0, 0.05) is 18.1 Å². The van der Waals surface area contributed by atoms with E-state index < -0.39 is 0 Å². The molecule has 0 spiro atoms. The molecule has 3 heteroatoms. The van der Waals surface area contributed by atoms with Crippen LogP contribution in [-0.4, -0.2) is 16.9 Å². The highest BCUT2D eigenvalue weighted by atomic mass is 16.5. The minimum Gasteiger partial charge on any atom is -0.396 e. The van der Waals surface area contributed by atoms with Gasteiger partial charge in [-0.15, -0.1) is 0 Å². The fourth-order valence-electron chi connectivity index (χ4n) is 1.58. The van der Waals surface area contributed by atoms with Crippen LogP contribution in [0, 0.1) is 13.8 Å². The zero-order chi connectivity index (χ0) is 11.5. The van der Waals surface area contributed by atoms with Gasteiger partial charge < -0.3 is 9.63 Å². The zero-order valence-electron chi connectivity index (χ0n) is 9.53. The average molecular weight is 217 g/mol. The van der Waals surface area contributed by atoms with Crippen molar-refractivity contribution in [3.05, 3.63) is 41.2 Å². The molecule has 0 bridgehead atoms. The smallest absolute Gasteiger partial charge is 0.139 e. The number of hydrogen-bond acceptors (Lipinski definition) is 3. The van der Waals surface area contributed by atoms with Gasteiger partial charge in [0.05, 0.1) is 6.61 Å². The molecule has 0 aliphatic heterocycles. The largest absolute Gasteiger partial charge is 0.396 e. The standard InChI is InChI=1S/C13H15NO2/c1-9-3-4-11(7-10(9)2)13-8-12(5-6-15)16-14-13/h3-4,7-8,15H,5-6H2,1-2H3. The number of hydrogen-bond donors (Lipinski definition) is 1. The Morgan fingerprint density at radius 1 is 1.19 bits per heavy atom. The molecule has 0 atom stereocenters. The second kappa shape index (κ2) is 4.49. The third-order valence-corrected chi connectivity index (χ3v) is 2.72. The molecule has 1 aromatic carbocycles. The summed E-state index contributed by atoms with van der Waals surface area (Å²) in [5.41, 5.74) is 4.38. The van der Waals surface area contributed by atoms with Crippen LogP contribution >= 0.6 is 0 Å². The van der Waals surface area contributed by atoms with Gasteiger partial charge in [-0.1, -0.05) is 17.3 Å². The van der Waals surface area contributed by atoms with Crippen molar-refractivity contribution in [2.45, 2.75) is 20.3 Å². The summed E-state index contributed by atoms with van der Waals surface area (Å²) in [6, 6.07) is 8.07. The number of aryl methyl sites for hydroxylation is 2. The van der Waals surface area contributed by atoms with Crippen molar-refractivity contribution < 1.29 is 9.63 Å². The summed E-state index contributed by atoms with van der Waals surface area (Å²) >= 11 is 0. The molecule has 0 fully saturated rings. The molecule has 1 heterocycles. The van der Waals surface area contributed by atoms with Crippen LogP contribution in [-0.2, 0) is 6.42 Å². The van der Waals surface area contributed by atoms with Gasteiger partial charge in [-0.3, -0.25) is 0 Å². The summed E-state index contributed by atoms with van der Waals surface area (Å²) in [4.78, 5) is 0. The molecule has 84 valence electrons. The van der Waals surface area contributed by atoms with E-state index >= 15 is 0 Å². The fourth-order valence-corrected chi connectivity index (χ4v) is 1.58. The number of nitrogens with zero attached hydrogens (tertiary/aromatic N) is 1. The van der Waals surface area contributed by atoms with Gasteiger partial charge in [0.25, 0.3) is 0 Å². The van der Waals surface area contributed by atoms with Crippen molar-refractivity contribution in [2.24, 2.45) is 0 Å². The highest BCUT2D eigenvalue weighted by molar-refractivity contribution is 5.60. The lowest BCUT2D eigenvalue weighted by Crippen LogP contribution is -1.86. The van der Waals surface area contributed by atoms with E-state index in [1.807, 2.05) is 12.1 Å². The van der Waals surface area contributed by atoms with Gasteiger partial charge in [-0.05, 0) is 31.0 Å². The van der Waals surface area contributed by atoms with Crippen molar-refractivity contribution in [1.82, 2.24) is 5.16 Å². The van der Waals surface area contributed by atoms with E-state index in [9.17, 15) is 0 Å². The maximum Gasteiger partial charge on any atom is 0.139 e.